The number of methoxy groups -OCH3 is 3. The number of thiophene rings is 1. The predicted octanol–water partition coefficient (Wildman–Crippen LogP) is 3.12. The molecule has 0 unspecified atom stereocenters. The van der Waals surface area contributed by atoms with Crippen LogP contribution in [0.25, 0.3) is 11.0 Å². The number of hydrogen-bond donors (Lipinski definition) is 2. The van der Waals surface area contributed by atoms with Crippen molar-refractivity contribution < 1.29 is 33.0 Å². The average Bonchev–Trinajstić information content (AvgIpc) is 3.07. The molecule has 2 aromatic heterocycles. The van der Waals surface area contributed by atoms with Crippen LogP contribution in [-0.4, -0.2) is 39.2 Å². The minimum atomic E-state index is -0.715. The summed E-state index contributed by atoms with van der Waals surface area (Å²) in [4.78, 5) is 37.2. The first-order valence-electron chi connectivity index (χ1n) is 8.59. The van der Waals surface area contributed by atoms with E-state index in [1.165, 1.54) is 27.4 Å². The summed E-state index contributed by atoms with van der Waals surface area (Å²) in [5, 5.41) is 11.3. The molecule has 2 N–H and O–H groups in total. The van der Waals surface area contributed by atoms with Gasteiger partial charge >= 0.3 is 11.9 Å². The summed E-state index contributed by atoms with van der Waals surface area (Å²) in [5.41, 5.74) is 0.259. The van der Waals surface area contributed by atoms with E-state index in [1.807, 2.05) is 0 Å². The number of carbonyl (C=O) groups is 3. The quantitative estimate of drug-likeness (QED) is 0.595. The third-order valence-corrected chi connectivity index (χ3v) is 5.54. The maximum absolute atomic E-state index is 12.9. The molecular weight excluding hydrogens is 412 g/mol. The van der Waals surface area contributed by atoms with Crippen molar-refractivity contribution in [1.82, 2.24) is 0 Å². The van der Waals surface area contributed by atoms with Crippen LogP contribution in [0.1, 0.15) is 36.0 Å². The van der Waals surface area contributed by atoms with Crippen LogP contribution in [0.3, 0.4) is 0 Å². The van der Waals surface area contributed by atoms with Gasteiger partial charge in [0.25, 0.3) is 5.91 Å². The number of amides is 1. The van der Waals surface area contributed by atoms with Crippen molar-refractivity contribution in [3.63, 3.8) is 0 Å². The van der Waals surface area contributed by atoms with Crippen molar-refractivity contribution in [3.8, 4) is 5.75 Å². The Morgan fingerprint density at radius 3 is 2.43 bits per heavy atom. The van der Waals surface area contributed by atoms with Crippen molar-refractivity contribution in [2.45, 2.75) is 6.92 Å². The molecule has 0 saturated heterocycles. The molecule has 0 fully saturated rings. The third-order valence-electron chi connectivity index (χ3n) is 4.36. The van der Waals surface area contributed by atoms with E-state index in [9.17, 15) is 14.4 Å². The van der Waals surface area contributed by atoms with E-state index in [0.717, 1.165) is 11.3 Å². The van der Waals surface area contributed by atoms with Crippen LogP contribution in [0, 0.1) is 12.3 Å². The SMILES string of the molecule is COC(=O)c1sc(NC(=O)c2cc3cccc(OC)c3oc2=N)c(C(=O)OC)c1C. The van der Waals surface area contributed by atoms with E-state index in [1.54, 1.807) is 25.1 Å². The van der Waals surface area contributed by atoms with Gasteiger partial charge in [-0.1, -0.05) is 12.1 Å². The van der Waals surface area contributed by atoms with Gasteiger partial charge in [-0.2, -0.15) is 0 Å². The summed E-state index contributed by atoms with van der Waals surface area (Å²) in [7, 11) is 3.88. The normalized spacial score (nSPS) is 10.5. The molecule has 0 spiro atoms. The lowest BCUT2D eigenvalue weighted by Crippen LogP contribution is -2.21. The monoisotopic (exact) mass is 430 g/mol. The summed E-state index contributed by atoms with van der Waals surface area (Å²) in [5.74, 6) is -1.61. The Labute approximate surface area is 174 Å². The van der Waals surface area contributed by atoms with Gasteiger partial charge in [0, 0.05) is 5.39 Å². The predicted molar refractivity (Wildman–Crippen MR) is 108 cm³/mol. The molecule has 30 heavy (non-hydrogen) atoms. The first-order valence-corrected chi connectivity index (χ1v) is 9.40. The number of para-hydroxylation sites is 1. The lowest BCUT2D eigenvalue weighted by Gasteiger charge is -2.08. The van der Waals surface area contributed by atoms with E-state index in [-0.39, 0.29) is 26.6 Å². The molecule has 10 heteroatoms. The summed E-state index contributed by atoms with van der Waals surface area (Å²) in [6, 6.07) is 6.60. The van der Waals surface area contributed by atoms with Crippen LogP contribution in [0.4, 0.5) is 5.00 Å². The highest BCUT2D eigenvalue weighted by Gasteiger charge is 2.27. The topological polar surface area (TPSA) is 128 Å². The molecule has 0 atom stereocenters. The fourth-order valence-electron chi connectivity index (χ4n) is 2.87. The van der Waals surface area contributed by atoms with E-state index in [4.69, 9.17) is 24.0 Å². The standard InChI is InChI=1S/C20H18N2O7S/c1-9-13(19(24)27-3)18(30-15(9)20(25)28-4)22-17(23)11-8-10-6-5-7-12(26-2)14(10)29-16(11)21/h5-8,21H,1-4H3,(H,22,23). The molecule has 0 saturated carbocycles. The summed E-state index contributed by atoms with van der Waals surface area (Å²) < 4.78 is 20.2. The molecule has 3 aromatic rings. The zero-order valence-corrected chi connectivity index (χ0v) is 17.4. The highest BCUT2D eigenvalue weighted by atomic mass is 32.1. The number of benzene rings is 1. The van der Waals surface area contributed by atoms with Crippen molar-refractivity contribution in [2.24, 2.45) is 0 Å². The van der Waals surface area contributed by atoms with E-state index < -0.39 is 17.8 Å². The van der Waals surface area contributed by atoms with Crippen LogP contribution in [-0.2, 0) is 9.47 Å². The zero-order chi connectivity index (χ0) is 22.0. The van der Waals surface area contributed by atoms with Crippen molar-refractivity contribution >= 4 is 45.2 Å². The maximum Gasteiger partial charge on any atom is 0.348 e. The van der Waals surface area contributed by atoms with Gasteiger partial charge in [-0.05, 0) is 24.6 Å². The number of nitrogens with one attached hydrogen (secondary N) is 2. The number of hydrogen-bond acceptors (Lipinski definition) is 9. The Morgan fingerprint density at radius 1 is 1.10 bits per heavy atom. The van der Waals surface area contributed by atoms with Crippen LogP contribution in [0.15, 0.2) is 28.7 Å². The number of ether oxygens (including phenoxy) is 3. The molecule has 156 valence electrons. The van der Waals surface area contributed by atoms with Crippen molar-refractivity contribution in [1.29, 1.82) is 5.41 Å². The van der Waals surface area contributed by atoms with Gasteiger partial charge in [-0.15, -0.1) is 11.3 Å². The molecular formula is C20H18N2O7S. The van der Waals surface area contributed by atoms with Gasteiger partial charge in [0.1, 0.15) is 15.4 Å². The first-order chi connectivity index (χ1) is 14.3. The lowest BCUT2D eigenvalue weighted by atomic mass is 10.1. The number of anilines is 1. The third kappa shape index (κ3) is 3.64. The first kappa shape index (κ1) is 21.1. The number of carbonyl (C=O) groups excluding carboxylic acids is 3. The fraction of sp³-hybridized carbons (Fsp3) is 0.200. The minimum absolute atomic E-state index is 0.0437. The van der Waals surface area contributed by atoms with Crippen LogP contribution in [0.5, 0.6) is 5.75 Å². The van der Waals surface area contributed by atoms with Crippen LogP contribution in [0.2, 0.25) is 0 Å². The maximum atomic E-state index is 12.9. The number of rotatable bonds is 5. The highest BCUT2D eigenvalue weighted by Crippen LogP contribution is 2.34. The fourth-order valence-corrected chi connectivity index (χ4v) is 3.98. The molecule has 2 heterocycles. The molecule has 0 aliphatic carbocycles. The van der Waals surface area contributed by atoms with Gasteiger partial charge in [-0.3, -0.25) is 10.2 Å². The Bertz CT molecular complexity index is 1230. The largest absolute Gasteiger partial charge is 0.493 e. The van der Waals surface area contributed by atoms with Gasteiger partial charge in [0.2, 0.25) is 5.55 Å². The van der Waals surface area contributed by atoms with Crippen molar-refractivity contribution in [3.05, 3.63) is 51.4 Å². The smallest absolute Gasteiger partial charge is 0.348 e. The summed E-state index contributed by atoms with van der Waals surface area (Å²) in [6.07, 6.45) is 0. The van der Waals surface area contributed by atoms with E-state index in [0.29, 0.717) is 22.3 Å². The van der Waals surface area contributed by atoms with Gasteiger partial charge in [0.05, 0.1) is 26.9 Å². The Morgan fingerprint density at radius 2 is 1.80 bits per heavy atom. The van der Waals surface area contributed by atoms with Gasteiger partial charge < -0.3 is 23.9 Å². The summed E-state index contributed by atoms with van der Waals surface area (Å²) >= 11 is 0.882. The molecule has 3 rings (SSSR count). The second-order valence-corrected chi connectivity index (χ2v) is 7.09. The average molecular weight is 430 g/mol. The molecule has 1 amide bonds. The Kier molecular flexibility index (Phi) is 5.88. The van der Waals surface area contributed by atoms with E-state index >= 15 is 0 Å². The number of fused-ring (bicyclic) bond motifs is 1. The molecule has 1 aromatic carbocycles. The Hall–Kier alpha value is -3.66. The number of esters is 2. The highest BCUT2D eigenvalue weighted by molar-refractivity contribution is 7.18. The second-order valence-electron chi connectivity index (χ2n) is 6.07. The van der Waals surface area contributed by atoms with Crippen molar-refractivity contribution in [2.75, 3.05) is 26.6 Å². The molecule has 0 bridgehead atoms. The molecule has 0 radical (unpaired) electrons. The zero-order valence-electron chi connectivity index (χ0n) is 16.6. The molecule has 9 nitrogen and oxygen atoms in total. The lowest BCUT2D eigenvalue weighted by molar-refractivity contribution is 0.0601. The molecule has 0 aliphatic rings. The van der Waals surface area contributed by atoms with Crippen LogP contribution < -0.4 is 15.6 Å². The molecule has 0 aliphatic heterocycles. The van der Waals surface area contributed by atoms with E-state index in [2.05, 4.69) is 5.32 Å². The Balaban J connectivity index is 2.06. The second kappa shape index (κ2) is 8.37. The minimum Gasteiger partial charge on any atom is -0.493 e. The summed E-state index contributed by atoms with van der Waals surface area (Å²) in [6.45, 7) is 1.55. The van der Waals surface area contributed by atoms with Gasteiger partial charge in [0.15, 0.2) is 11.3 Å². The van der Waals surface area contributed by atoms with Crippen LogP contribution >= 0.6 is 11.3 Å². The van der Waals surface area contributed by atoms with Gasteiger partial charge in [-0.25, -0.2) is 9.59 Å².